The summed E-state index contributed by atoms with van der Waals surface area (Å²) in [4.78, 5) is 26.2. The molecule has 130 valence electrons. The van der Waals surface area contributed by atoms with Crippen molar-refractivity contribution in [3.8, 4) is 0 Å². The fourth-order valence-corrected chi connectivity index (χ4v) is 3.84. The van der Waals surface area contributed by atoms with Crippen LogP contribution in [-0.2, 0) is 9.53 Å². The second kappa shape index (κ2) is 6.20. The Morgan fingerprint density at radius 3 is 2.92 bits per heavy atom. The number of rotatable bonds is 4. The molecule has 1 N–H and O–H groups in total. The number of aromatic nitrogens is 1. The number of likely N-dealkylation sites (tertiary alicyclic amines) is 1. The fraction of sp³-hybridized carbons (Fsp3) is 0.706. The number of ether oxygens (including phenoxy) is 1. The van der Waals surface area contributed by atoms with Gasteiger partial charge >= 0.3 is 0 Å². The van der Waals surface area contributed by atoms with Gasteiger partial charge in [0.2, 0.25) is 5.91 Å². The van der Waals surface area contributed by atoms with Crippen molar-refractivity contribution in [3.63, 3.8) is 0 Å². The van der Waals surface area contributed by atoms with Crippen LogP contribution in [-0.4, -0.2) is 54.2 Å². The molecule has 3 fully saturated rings. The molecule has 7 nitrogen and oxygen atoms in total. The minimum atomic E-state index is -0.0160. The first kappa shape index (κ1) is 15.6. The third-order valence-electron chi connectivity index (χ3n) is 5.49. The van der Waals surface area contributed by atoms with Gasteiger partial charge in [0.1, 0.15) is 11.8 Å². The zero-order chi connectivity index (χ0) is 16.7. The Kier molecular flexibility index (Phi) is 4.04. The summed E-state index contributed by atoms with van der Waals surface area (Å²) in [6, 6.07) is 0. The average Bonchev–Trinajstić information content (AvgIpc) is 3.24. The fourth-order valence-electron chi connectivity index (χ4n) is 3.84. The predicted molar refractivity (Wildman–Crippen MR) is 84.2 cm³/mol. The van der Waals surface area contributed by atoms with Gasteiger partial charge in [-0.25, -0.2) is 0 Å². The molecular weight excluding hydrogens is 310 g/mol. The zero-order valence-electron chi connectivity index (χ0n) is 13.9. The molecule has 0 bridgehead atoms. The van der Waals surface area contributed by atoms with Crippen LogP contribution in [0.15, 0.2) is 10.8 Å². The third kappa shape index (κ3) is 2.92. The quantitative estimate of drug-likeness (QED) is 0.888. The zero-order valence-corrected chi connectivity index (χ0v) is 13.9. The molecule has 2 amide bonds. The van der Waals surface area contributed by atoms with Crippen molar-refractivity contribution in [2.45, 2.75) is 32.3 Å². The van der Waals surface area contributed by atoms with E-state index < -0.39 is 0 Å². The lowest BCUT2D eigenvalue weighted by Crippen LogP contribution is -2.46. The van der Waals surface area contributed by atoms with Gasteiger partial charge in [-0.05, 0) is 32.1 Å². The number of carbonyl (C=O) groups is 2. The molecule has 0 unspecified atom stereocenters. The molecular formula is C17H23N3O4. The Balaban J connectivity index is 1.33. The van der Waals surface area contributed by atoms with E-state index in [-0.39, 0.29) is 23.8 Å². The van der Waals surface area contributed by atoms with Crippen LogP contribution < -0.4 is 5.32 Å². The minimum absolute atomic E-state index is 0.0160. The molecule has 3 aliphatic rings. The molecule has 3 heterocycles. The summed E-state index contributed by atoms with van der Waals surface area (Å²) in [5.74, 6) is 1.13. The Hall–Kier alpha value is -1.89. The van der Waals surface area contributed by atoms with Crippen LogP contribution in [0.4, 0.5) is 0 Å². The van der Waals surface area contributed by atoms with Crippen LogP contribution in [0, 0.1) is 24.7 Å². The van der Waals surface area contributed by atoms with Gasteiger partial charge in [-0.15, -0.1) is 0 Å². The lowest BCUT2D eigenvalue weighted by Gasteiger charge is -2.35. The van der Waals surface area contributed by atoms with Gasteiger partial charge in [-0.3, -0.25) is 9.59 Å². The van der Waals surface area contributed by atoms with Crippen molar-refractivity contribution in [1.82, 2.24) is 15.4 Å². The second-order valence-corrected chi connectivity index (χ2v) is 7.17. The van der Waals surface area contributed by atoms with E-state index in [0.29, 0.717) is 49.3 Å². The van der Waals surface area contributed by atoms with E-state index >= 15 is 0 Å². The van der Waals surface area contributed by atoms with Crippen molar-refractivity contribution in [2.75, 3.05) is 26.2 Å². The van der Waals surface area contributed by atoms with E-state index in [1.807, 2.05) is 4.90 Å². The maximum Gasteiger partial charge on any atom is 0.259 e. The van der Waals surface area contributed by atoms with Crippen LogP contribution in [0.25, 0.3) is 0 Å². The number of carbonyl (C=O) groups excluding carboxylic acids is 2. The smallest absolute Gasteiger partial charge is 0.259 e. The Morgan fingerprint density at radius 2 is 2.21 bits per heavy atom. The second-order valence-electron chi connectivity index (χ2n) is 7.17. The first-order chi connectivity index (χ1) is 11.6. The van der Waals surface area contributed by atoms with Crippen LogP contribution in [0.3, 0.4) is 0 Å². The minimum Gasteiger partial charge on any atom is -0.376 e. The number of fused-ring (bicyclic) bond motifs is 1. The molecule has 1 saturated carbocycles. The van der Waals surface area contributed by atoms with Crippen molar-refractivity contribution in [3.05, 3.63) is 17.5 Å². The lowest BCUT2D eigenvalue weighted by molar-refractivity contribution is -0.122. The molecule has 0 spiro atoms. The lowest BCUT2D eigenvalue weighted by atomic mass is 9.84. The topological polar surface area (TPSA) is 84.7 Å². The SMILES string of the molecule is Cc1nocc1C(=O)N1CC[C@@H]2[C@@H](CO[C@H]2CNC(=O)C2CC2)C1. The highest BCUT2D eigenvalue weighted by atomic mass is 16.5. The van der Waals surface area contributed by atoms with Crippen LogP contribution in [0.1, 0.15) is 35.3 Å². The summed E-state index contributed by atoms with van der Waals surface area (Å²) in [7, 11) is 0. The molecule has 7 heteroatoms. The predicted octanol–water partition coefficient (Wildman–Crippen LogP) is 0.986. The number of nitrogens with one attached hydrogen (secondary N) is 1. The number of piperidine rings is 1. The summed E-state index contributed by atoms with van der Waals surface area (Å²) in [6.07, 6.45) is 4.44. The largest absolute Gasteiger partial charge is 0.376 e. The Morgan fingerprint density at radius 1 is 1.38 bits per heavy atom. The van der Waals surface area contributed by atoms with Gasteiger partial charge in [-0.2, -0.15) is 0 Å². The van der Waals surface area contributed by atoms with Gasteiger partial charge in [-0.1, -0.05) is 5.16 Å². The highest BCUT2D eigenvalue weighted by Crippen LogP contribution is 2.35. The Bertz CT molecular complexity index is 640. The normalized spacial score (nSPS) is 29.4. The number of hydrogen-bond donors (Lipinski definition) is 1. The highest BCUT2D eigenvalue weighted by molar-refractivity contribution is 5.94. The van der Waals surface area contributed by atoms with Crippen molar-refractivity contribution in [1.29, 1.82) is 0 Å². The van der Waals surface area contributed by atoms with E-state index in [0.717, 1.165) is 19.3 Å². The van der Waals surface area contributed by atoms with Crippen LogP contribution >= 0.6 is 0 Å². The molecule has 1 aromatic rings. The number of aryl methyl sites for hydroxylation is 1. The van der Waals surface area contributed by atoms with Crippen LogP contribution in [0.5, 0.6) is 0 Å². The standard InChI is InChI=1S/C17H23N3O4/c1-10-14(9-24-19-10)17(22)20-5-4-13-12(7-20)8-23-15(13)6-18-16(21)11-2-3-11/h9,11-13,15H,2-8H2,1H3,(H,18,21)/t12-,13-,15+/m1/s1. The number of hydrogen-bond acceptors (Lipinski definition) is 5. The molecule has 3 atom stereocenters. The summed E-state index contributed by atoms with van der Waals surface area (Å²) in [5.41, 5.74) is 1.17. The number of amides is 2. The third-order valence-corrected chi connectivity index (χ3v) is 5.49. The van der Waals surface area contributed by atoms with Crippen molar-refractivity contribution >= 4 is 11.8 Å². The van der Waals surface area contributed by atoms with E-state index in [1.165, 1.54) is 6.26 Å². The molecule has 24 heavy (non-hydrogen) atoms. The van der Waals surface area contributed by atoms with Gasteiger partial charge in [0.05, 0.1) is 18.4 Å². The monoisotopic (exact) mass is 333 g/mol. The van der Waals surface area contributed by atoms with Gasteiger partial charge < -0.3 is 19.5 Å². The summed E-state index contributed by atoms with van der Waals surface area (Å²) in [5, 5.41) is 6.80. The highest BCUT2D eigenvalue weighted by Gasteiger charge is 2.42. The molecule has 4 rings (SSSR count). The van der Waals surface area contributed by atoms with E-state index in [2.05, 4.69) is 10.5 Å². The van der Waals surface area contributed by atoms with E-state index in [4.69, 9.17) is 9.26 Å². The van der Waals surface area contributed by atoms with Gasteiger partial charge in [0, 0.05) is 31.5 Å². The molecule has 2 aliphatic heterocycles. The molecule has 2 saturated heterocycles. The summed E-state index contributed by atoms with van der Waals surface area (Å²) < 4.78 is 10.8. The molecule has 1 aliphatic carbocycles. The van der Waals surface area contributed by atoms with Crippen LogP contribution in [0.2, 0.25) is 0 Å². The van der Waals surface area contributed by atoms with Gasteiger partial charge in [0.15, 0.2) is 0 Å². The first-order valence-corrected chi connectivity index (χ1v) is 8.73. The van der Waals surface area contributed by atoms with Gasteiger partial charge in [0.25, 0.3) is 5.91 Å². The Labute approximate surface area is 140 Å². The molecule has 0 radical (unpaired) electrons. The number of nitrogens with zero attached hydrogens (tertiary/aromatic N) is 2. The summed E-state index contributed by atoms with van der Waals surface area (Å²) in [6.45, 7) is 4.43. The molecule has 1 aromatic heterocycles. The van der Waals surface area contributed by atoms with E-state index in [9.17, 15) is 9.59 Å². The van der Waals surface area contributed by atoms with E-state index in [1.54, 1.807) is 6.92 Å². The summed E-state index contributed by atoms with van der Waals surface area (Å²) >= 11 is 0. The first-order valence-electron chi connectivity index (χ1n) is 8.73. The molecule has 0 aromatic carbocycles. The average molecular weight is 333 g/mol. The van der Waals surface area contributed by atoms with Crippen molar-refractivity contribution in [2.24, 2.45) is 17.8 Å². The maximum atomic E-state index is 12.6. The maximum absolute atomic E-state index is 12.6. The van der Waals surface area contributed by atoms with Crippen molar-refractivity contribution < 1.29 is 18.8 Å².